The first-order valence-electron chi connectivity index (χ1n) is 14.9. The number of hydrogen-bond acceptors (Lipinski definition) is 11. The van der Waals surface area contributed by atoms with Crippen LogP contribution in [0.3, 0.4) is 0 Å². The van der Waals surface area contributed by atoms with E-state index >= 15 is 0 Å². The molecule has 0 bridgehead atoms. The maximum Gasteiger partial charge on any atom is 0.225 e. The van der Waals surface area contributed by atoms with E-state index in [1.165, 1.54) is 5.56 Å². The molecule has 224 valence electrons. The third-order valence-corrected chi connectivity index (χ3v) is 8.93. The third kappa shape index (κ3) is 6.26. The van der Waals surface area contributed by atoms with Gasteiger partial charge in [0, 0.05) is 82.3 Å². The molecule has 3 aliphatic rings. The van der Waals surface area contributed by atoms with Crippen LogP contribution in [0.5, 0.6) is 0 Å². The van der Waals surface area contributed by atoms with E-state index in [0.717, 1.165) is 74.6 Å². The number of methoxy groups -OCH3 is 1. The van der Waals surface area contributed by atoms with Crippen LogP contribution in [0.25, 0.3) is 11.1 Å². The second-order valence-electron chi connectivity index (χ2n) is 11.8. The van der Waals surface area contributed by atoms with Crippen LogP contribution in [-0.4, -0.2) is 105 Å². The van der Waals surface area contributed by atoms with Crippen LogP contribution >= 0.6 is 0 Å². The second-order valence-corrected chi connectivity index (χ2v) is 11.8. The Bertz CT molecular complexity index is 1330. The van der Waals surface area contributed by atoms with Crippen LogP contribution in [0.1, 0.15) is 31.2 Å². The number of nitrogens with two attached hydrogens (primary N) is 1. The largest absolute Gasteiger partial charge is 0.391 e. The third-order valence-electron chi connectivity index (χ3n) is 8.93. The van der Waals surface area contributed by atoms with Gasteiger partial charge in [0.15, 0.2) is 6.29 Å². The van der Waals surface area contributed by atoms with Crippen LogP contribution < -0.4 is 16.0 Å². The van der Waals surface area contributed by atoms with Crippen molar-refractivity contribution in [1.29, 1.82) is 0 Å². The zero-order chi connectivity index (χ0) is 29.1. The van der Waals surface area contributed by atoms with E-state index in [4.69, 9.17) is 10.5 Å². The molecule has 11 heteroatoms. The quantitative estimate of drug-likeness (QED) is 0.251. The molecule has 2 aliphatic heterocycles. The Morgan fingerprint density at radius 1 is 1.07 bits per heavy atom. The number of anilines is 3. The fraction of sp³-hybridized carbons (Fsp3) is 0.516. The van der Waals surface area contributed by atoms with Gasteiger partial charge >= 0.3 is 0 Å². The summed E-state index contributed by atoms with van der Waals surface area (Å²) in [6.45, 7) is 5.78. The highest BCUT2D eigenvalue weighted by molar-refractivity contribution is 5.68. The normalized spacial score (nSPS) is 23.2. The van der Waals surface area contributed by atoms with Gasteiger partial charge in [0.1, 0.15) is 5.82 Å². The first-order valence-corrected chi connectivity index (χ1v) is 14.9. The molecule has 4 heterocycles. The number of aliphatic hydroxyl groups excluding tert-OH is 2. The molecular formula is C31H42N8O3. The van der Waals surface area contributed by atoms with Crippen LogP contribution in [-0.2, 0) is 11.3 Å². The van der Waals surface area contributed by atoms with Crippen molar-refractivity contribution >= 4 is 17.5 Å². The summed E-state index contributed by atoms with van der Waals surface area (Å²) < 4.78 is 5.25. The number of ether oxygens (including phenoxy) is 1. The fourth-order valence-electron chi connectivity index (χ4n) is 6.47. The summed E-state index contributed by atoms with van der Waals surface area (Å²) in [6, 6.07) is 12.6. The zero-order valence-corrected chi connectivity index (χ0v) is 24.3. The lowest BCUT2D eigenvalue weighted by Gasteiger charge is -2.41. The van der Waals surface area contributed by atoms with Gasteiger partial charge in [-0.2, -0.15) is 0 Å². The van der Waals surface area contributed by atoms with Crippen molar-refractivity contribution in [2.75, 3.05) is 56.6 Å². The second kappa shape index (κ2) is 12.6. The molecule has 0 radical (unpaired) electrons. The lowest BCUT2D eigenvalue weighted by molar-refractivity contribution is -0.142. The van der Waals surface area contributed by atoms with Gasteiger partial charge in [-0.15, -0.1) is 0 Å². The Balaban J connectivity index is 1.06. The number of β-amino-alcohol motifs (C(OH)–C–C–N with tert-alkyl or cyclic N) is 1. The summed E-state index contributed by atoms with van der Waals surface area (Å²) in [5, 5.41) is 23.9. The average molecular weight is 575 g/mol. The predicted octanol–water partition coefficient (Wildman–Crippen LogP) is 2.19. The maximum absolute atomic E-state index is 10.3. The summed E-state index contributed by atoms with van der Waals surface area (Å²) in [6.07, 6.45) is 7.87. The standard InChI is InChI=1S/C31H42N8O3/c1-42-29(41)31(7-8-31)38-13-11-37(12-14-38)20-22-3-2-4-25(15-22)36-28-16-23(6-10-33-28)24-18-34-30(35-19-24)39-21-27(40)17-26(39)5-9-32/h2-4,6,10,15-16,18-19,26-27,29,40-41H,5,7-9,11-14,17,20-21,32H2,1H3,(H,33,36). The van der Waals surface area contributed by atoms with Crippen LogP contribution in [0, 0.1) is 0 Å². The highest BCUT2D eigenvalue weighted by atomic mass is 16.6. The first-order chi connectivity index (χ1) is 20.5. The Hall–Kier alpha value is -3.19. The Labute approximate surface area is 247 Å². The Morgan fingerprint density at radius 3 is 2.57 bits per heavy atom. The van der Waals surface area contributed by atoms with Crippen molar-refractivity contribution in [1.82, 2.24) is 24.8 Å². The minimum Gasteiger partial charge on any atom is -0.391 e. The zero-order valence-electron chi connectivity index (χ0n) is 24.3. The van der Waals surface area contributed by atoms with Gasteiger partial charge in [0.2, 0.25) is 5.95 Å². The van der Waals surface area contributed by atoms with Crippen molar-refractivity contribution in [3.8, 4) is 11.1 Å². The molecule has 0 spiro atoms. The van der Waals surface area contributed by atoms with Gasteiger partial charge in [-0.3, -0.25) is 9.80 Å². The SMILES string of the molecule is COC(O)C1(N2CCN(Cc3cccc(Nc4cc(-c5cnc(N6CC(O)CC6CCN)nc5)ccn4)c3)CC2)CC1. The fourth-order valence-corrected chi connectivity index (χ4v) is 6.47. The number of aliphatic hydroxyl groups is 2. The monoisotopic (exact) mass is 574 g/mol. The van der Waals surface area contributed by atoms with E-state index < -0.39 is 6.29 Å². The van der Waals surface area contributed by atoms with Crippen molar-refractivity contribution in [2.45, 2.75) is 56.2 Å². The molecule has 3 unspecified atom stereocenters. The number of nitrogens with one attached hydrogen (secondary N) is 1. The maximum atomic E-state index is 10.3. The first kappa shape index (κ1) is 28.9. The lowest BCUT2D eigenvalue weighted by Crippen LogP contribution is -2.55. The molecule has 1 aliphatic carbocycles. The molecule has 0 amide bonds. The smallest absolute Gasteiger partial charge is 0.225 e. The van der Waals surface area contributed by atoms with E-state index in [1.54, 1.807) is 13.3 Å². The number of piperazine rings is 1. The van der Waals surface area contributed by atoms with Gasteiger partial charge in [-0.1, -0.05) is 12.1 Å². The van der Waals surface area contributed by atoms with Gasteiger partial charge < -0.3 is 30.9 Å². The van der Waals surface area contributed by atoms with Crippen LogP contribution in [0.4, 0.5) is 17.5 Å². The summed E-state index contributed by atoms with van der Waals surface area (Å²) in [5.41, 5.74) is 9.70. The van der Waals surface area contributed by atoms with Crippen molar-refractivity contribution in [3.63, 3.8) is 0 Å². The number of hydrogen-bond donors (Lipinski definition) is 4. The molecule has 42 heavy (non-hydrogen) atoms. The molecule has 3 atom stereocenters. The van der Waals surface area contributed by atoms with E-state index in [0.29, 0.717) is 25.5 Å². The topological polar surface area (TPSA) is 136 Å². The minimum absolute atomic E-state index is 0.165. The van der Waals surface area contributed by atoms with E-state index in [-0.39, 0.29) is 17.7 Å². The van der Waals surface area contributed by atoms with E-state index in [9.17, 15) is 10.2 Å². The van der Waals surface area contributed by atoms with Crippen LogP contribution in [0.15, 0.2) is 55.0 Å². The molecule has 2 saturated heterocycles. The average Bonchev–Trinajstić information content (AvgIpc) is 3.74. The molecule has 5 N–H and O–H groups in total. The minimum atomic E-state index is -0.704. The van der Waals surface area contributed by atoms with Crippen molar-refractivity contribution in [2.24, 2.45) is 5.73 Å². The molecule has 6 rings (SSSR count). The lowest BCUT2D eigenvalue weighted by atomic mass is 10.1. The Kier molecular flexibility index (Phi) is 8.66. The molecular weight excluding hydrogens is 532 g/mol. The van der Waals surface area contributed by atoms with Gasteiger partial charge in [0.05, 0.1) is 11.6 Å². The van der Waals surface area contributed by atoms with Crippen molar-refractivity contribution < 1.29 is 14.9 Å². The summed E-state index contributed by atoms with van der Waals surface area (Å²) in [7, 11) is 1.58. The van der Waals surface area contributed by atoms with E-state index in [1.807, 2.05) is 24.5 Å². The Morgan fingerprint density at radius 2 is 1.86 bits per heavy atom. The molecule has 11 nitrogen and oxygen atoms in total. The van der Waals surface area contributed by atoms with Crippen LogP contribution in [0.2, 0.25) is 0 Å². The molecule has 1 aromatic carbocycles. The molecule has 3 aromatic rings. The predicted molar refractivity (Wildman–Crippen MR) is 162 cm³/mol. The molecule has 2 aromatic heterocycles. The van der Waals surface area contributed by atoms with Gasteiger partial charge in [-0.05, 0) is 67.6 Å². The van der Waals surface area contributed by atoms with Gasteiger partial charge in [-0.25, -0.2) is 15.0 Å². The number of pyridine rings is 1. The molecule has 3 fully saturated rings. The summed E-state index contributed by atoms with van der Waals surface area (Å²) >= 11 is 0. The van der Waals surface area contributed by atoms with E-state index in [2.05, 4.69) is 59.2 Å². The summed E-state index contributed by atoms with van der Waals surface area (Å²) in [4.78, 5) is 20.7. The molecule has 1 saturated carbocycles. The number of aromatic nitrogens is 3. The van der Waals surface area contributed by atoms with Gasteiger partial charge in [0.25, 0.3) is 0 Å². The number of nitrogens with zero attached hydrogens (tertiary/aromatic N) is 6. The van der Waals surface area contributed by atoms with Crippen molar-refractivity contribution in [3.05, 3.63) is 60.6 Å². The highest BCUT2D eigenvalue weighted by Crippen LogP contribution is 2.45. The highest BCUT2D eigenvalue weighted by Gasteiger charge is 2.54. The number of rotatable bonds is 11. The number of benzene rings is 1. The summed E-state index contributed by atoms with van der Waals surface area (Å²) in [5.74, 6) is 1.37.